The summed E-state index contributed by atoms with van der Waals surface area (Å²) in [6.07, 6.45) is 1.09. The molecule has 1 fully saturated rings. The van der Waals surface area contributed by atoms with Gasteiger partial charge in [0.25, 0.3) is 0 Å². The number of likely N-dealkylation sites (N-methyl/N-ethyl adjacent to an activating group) is 1. The van der Waals surface area contributed by atoms with Crippen molar-refractivity contribution in [2.45, 2.75) is 12.5 Å². The summed E-state index contributed by atoms with van der Waals surface area (Å²) in [6, 6.07) is 3.42. The second kappa shape index (κ2) is 5.54. The Morgan fingerprint density at radius 3 is 2.70 bits per heavy atom. The van der Waals surface area contributed by atoms with E-state index in [0.29, 0.717) is 11.7 Å². The van der Waals surface area contributed by atoms with E-state index in [-0.39, 0.29) is 11.4 Å². The predicted octanol–water partition coefficient (Wildman–Crippen LogP) is 1.33. The van der Waals surface area contributed by atoms with Gasteiger partial charge in [0, 0.05) is 31.3 Å². The second-order valence-electron chi connectivity index (χ2n) is 5.24. The minimum Gasteiger partial charge on any atom is -0.490 e. The third-order valence-electron chi connectivity index (χ3n) is 3.55. The number of methoxy groups -OCH3 is 1. The molecule has 1 heterocycles. The van der Waals surface area contributed by atoms with E-state index in [2.05, 4.69) is 9.80 Å². The molecule has 1 unspecified atom stereocenters. The monoisotopic (exact) mass is 280 g/mol. The van der Waals surface area contributed by atoms with Crippen LogP contribution in [0.15, 0.2) is 12.1 Å². The largest absolute Gasteiger partial charge is 0.490 e. The molecule has 0 aliphatic carbocycles. The quantitative estimate of drug-likeness (QED) is 0.497. The fraction of sp³-hybridized carbons (Fsp3) is 0.538. The minimum atomic E-state index is -0.480. The van der Waals surface area contributed by atoms with E-state index < -0.39 is 4.92 Å². The first-order chi connectivity index (χ1) is 9.43. The van der Waals surface area contributed by atoms with Gasteiger partial charge in [-0.25, -0.2) is 0 Å². The number of hydrogen-bond acceptors (Lipinski definition) is 6. The zero-order valence-corrected chi connectivity index (χ0v) is 12.0. The standard InChI is InChI=1S/C13H20N4O3/c1-15(2)8-9-4-5-16(9)11-7-13(20-3)12(17(18)19)6-10(11)14/h6-7,9H,4-5,8,14H2,1-3H3. The Morgan fingerprint density at radius 2 is 2.25 bits per heavy atom. The molecule has 110 valence electrons. The summed E-state index contributed by atoms with van der Waals surface area (Å²) in [6.45, 7) is 1.84. The number of nitrogens with zero attached hydrogens (tertiary/aromatic N) is 3. The van der Waals surface area contributed by atoms with E-state index in [1.807, 2.05) is 14.1 Å². The number of nitrogen functional groups attached to an aromatic ring is 1. The molecule has 7 heteroatoms. The van der Waals surface area contributed by atoms with Crippen molar-refractivity contribution in [1.29, 1.82) is 0 Å². The molecule has 2 rings (SSSR count). The zero-order valence-electron chi connectivity index (χ0n) is 12.0. The lowest BCUT2D eigenvalue weighted by Crippen LogP contribution is -2.52. The highest BCUT2D eigenvalue weighted by molar-refractivity contribution is 5.76. The Labute approximate surface area is 118 Å². The molecule has 7 nitrogen and oxygen atoms in total. The molecule has 0 radical (unpaired) electrons. The van der Waals surface area contributed by atoms with Crippen molar-refractivity contribution in [3.63, 3.8) is 0 Å². The smallest absolute Gasteiger partial charge is 0.313 e. The van der Waals surface area contributed by atoms with E-state index >= 15 is 0 Å². The van der Waals surface area contributed by atoms with Crippen molar-refractivity contribution in [3.8, 4) is 5.75 Å². The van der Waals surface area contributed by atoms with Crippen LogP contribution in [0.25, 0.3) is 0 Å². The predicted molar refractivity (Wildman–Crippen MR) is 78.4 cm³/mol. The zero-order chi connectivity index (χ0) is 14.9. The average Bonchev–Trinajstić information content (AvgIpc) is 2.36. The number of rotatable bonds is 5. The molecule has 0 amide bonds. The lowest BCUT2D eigenvalue weighted by Gasteiger charge is -2.44. The Bertz CT molecular complexity index is 519. The maximum absolute atomic E-state index is 11.0. The van der Waals surface area contributed by atoms with Gasteiger partial charge in [0.15, 0.2) is 5.75 Å². The van der Waals surface area contributed by atoms with Crippen molar-refractivity contribution in [2.24, 2.45) is 0 Å². The Kier molecular flexibility index (Phi) is 3.99. The normalized spacial score (nSPS) is 18.0. The van der Waals surface area contributed by atoms with Crippen LogP contribution < -0.4 is 15.4 Å². The molecule has 0 saturated carbocycles. The van der Waals surface area contributed by atoms with Crippen LogP contribution in [0, 0.1) is 10.1 Å². The molecular weight excluding hydrogens is 260 g/mol. The van der Waals surface area contributed by atoms with Crippen LogP contribution in [0.3, 0.4) is 0 Å². The van der Waals surface area contributed by atoms with Crippen LogP contribution >= 0.6 is 0 Å². The molecule has 1 saturated heterocycles. The number of nitrogens with two attached hydrogens (primary N) is 1. The summed E-state index contributed by atoms with van der Waals surface area (Å²) in [4.78, 5) is 14.8. The van der Waals surface area contributed by atoms with Gasteiger partial charge >= 0.3 is 5.69 Å². The Morgan fingerprint density at radius 1 is 1.55 bits per heavy atom. The van der Waals surface area contributed by atoms with E-state index in [0.717, 1.165) is 25.2 Å². The lowest BCUT2D eigenvalue weighted by atomic mass is 10.0. The topological polar surface area (TPSA) is 84.9 Å². The number of benzene rings is 1. The molecule has 0 spiro atoms. The van der Waals surface area contributed by atoms with Crippen LogP contribution in [0.5, 0.6) is 5.75 Å². The van der Waals surface area contributed by atoms with Crippen LogP contribution in [-0.4, -0.2) is 50.2 Å². The third-order valence-corrected chi connectivity index (χ3v) is 3.55. The van der Waals surface area contributed by atoms with E-state index in [1.165, 1.54) is 13.2 Å². The third kappa shape index (κ3) is 2.62. The van der Waals surface area contributed by atoms with Crippen molar-refractivity contribution in [1.82, 2.24) is 4.90 Å². The van der Waals surface area contributed by atoms with Gasteiger partial charge in [-0.3, -0.25) is 10.1 Å². The highest BCUT2D eigenvalue weighted by Gasteiger charge is 2.31. The summed E-state index contributed by atoms with van der Waals surface area (Å²) in [5.74, 6) is 0.245. The van der Waals surface area contributed by atoms with Crippen molar-refractivity contribution in [2.75, 3.05) is 44.9 Å². The molecule has 0 bridgehead atoms. The molecular formula is C13H20N4O3. The molecule has 1 aliphatic rings. The van der Waals surface area contributed by atoms with Gasteiger partial charge in [0.1, 0.15) is 0 Å². The molecule has 1 atom stereocenters. The average molecular weight is 280 g/mol. The number of nitro benzene ring substituents is 1. The van der Waals surface area contributed by atoms with Crippen molar-refractivity contribution in [3.05, 3.63) is 22.2 Å². The number of anilines is 2. The molecule has 20 heavy (non-hydrogen) atoms. The van der Waals surface area contributed by atoms with Crippen LogP contribution in [-0.2, 0) is 0 Å². The van der Waals surface area contributed by atoms with Gasteiger partial charge in [-0.2, -0.15) is 0 Å². The Hall–Kier alpha value is -2.02. The lowest BCUT2D eigenvalue weighted by molar-refractivity contribution is -0.385. The van der Waals surface area contributed by atoms with Crippen molar-refractivity contribution >= 4 is 17.1 Å². The molecule has 1 aliphatic heterocycles. The van der Waals surface area contributed by atoms with Crippen LogP contribution in [0.4, 0.5) is 17.1 Å². The van der Waals surface area contributed by atoms with E-state index in [9.17, 15) is 10.1 Å². The summed E-state index contributed by atoms with van der Waals surface area (Å²) in [5.41, 5.74) is 7.10. The molecule has 0 aromatic heterocycles. The summed E-state index contributed by atoms with van der Waals surface area (Å²) < 4.78 is 5.10. The van der Waals surface area contributed by atoms with Gasteiger partial charge in [0.2, 0.25) is 0 Å². The highest BCUT2D eigenvalue weighted by Crippen LogP contribution is 2.39. The first kappa shape index (κ1) is 14.4. The van der Waals surface area contributed by atoms with Crippen LogP contribution in [0.2, 0.25) is 0 Å². The van der Waals surface area contributed by atoms with Gasteiger partial charge in [0.05, 0.1) is 23.4 Å². The fourth-order valence-electron chi connectivity index (χ4n) is 2.50. The van der Waals surface area contributed by atoms with Gasteiger partial charge in [-0.15, -0.1) is 0 Å². The van der Waals surface area contributed by atoms with Crippen LogP contribution in [0.1, 0.15) is 6.42 Å². The summed E-state index contributed by atoms with van der Waals surface area (Å²) in [7, 11) is 5.47. The van der Waals surface area contributed by atoms with Crippen molar-refractivity contribution < 1.29 is 9.66 Å². The van der Waals surface area contributed by atoms with E-state index in [1.54, 1.807) is 6.07 Å². The minimum absolute atomic E-state index is 0.0987. The fourth-order valence-corrected chi connectivity index (χ4v) is 2.50. The maximum Gasteiger partial charge on any atom is 0.313 e. The first-order valence-electron chi connectivity index (χ1n) is 6.47. The summed E-state index contributed by atoms with van der Waals surface area (Å²) in [5, 5.41) is 11.0. The maximum atomic E-state index is 11.0. The summed E-state index contributed by atoms with van der Waals surface area (Å²) >= 11 is 0. The van der Waals surface area contributed by atoms with Gasteiger partial charge in [-0.1, -0.05) is 0 Å². The van der Waals surface area contributed by atoms with Gasteiger partial charge in [-0.05, 0) is 20.5 Å². The highest BCUT2D eigenvalue weighted by atomic mass is 16.6. The van der Waals surface area contributed by atoms with E-state index in [4.69, 9.17) is 10.5 Å². The molecule has 2 N–H and O–H groups in total. The SMILES string of the molecule is COc1cc(N2CCC2CN(C)C)c(N)cc1[N+](=O)[O-]. The van der Waals surface area contributed by atoms with Gasteiger partial charge < -0.3 is 20.3 Å². The number of ether oxygens (including phenoxy) is 1. The second-order valence-corrected chi connectivity index (χ2v) is 5.24. The number of nitro groups is 1. The first-order valence-corrected chi connectivity index (χ1v) is 6.47. The number of hydrogen-bond donors (Lipinski definition) is 1. The molecule has 1 aromatic carbocycles. The Balaban J connectivity index is 2.31. The molecule has 1 aromatic rings.